The molecule has 1 aromatic rings. The van der Waals surface area contributed by atoms with Crippen LogP contribution in [0.5, 0.6) is 0 Å². The van der Waals surface area contributed by atoms with E-state index in [0.29, 0.717) is 11.3 Å². The number of carbonyl (C=O) groups excluding carboxylic acids is 1. The number of carboxylic acid groups (broad SMARTS) is 1. The molecule has 5 heteroatoms. The van der Waals surface area contributed by atoms with E-state index in [0.717, 1.165) is 11.8 Å². The lowest BCUT2D eigenvalue weighted by molar-refractivity contribution is -0.109. The van der Waals surface area contributed by atoms with E-state index in [1.54, 1.807) is 12.1 Å². The maximum Gasteiger partial charge on any atom is 0.338 e. The molecular weight excluding hydrogens is 260 g/mol. The summed E-state index contributed by atoms with van der Waals surface area (Å²) in [6.07, 6.45) is 0. The average Bonchev–Trinajstić information content (AvgIpc) is 2.23. The third kappa shape index (κ3) is 4.14. The van der Waals surface area contributed by atoms with Gasteiger partial charge in [0.1, 0.15) is 0 Å². The van der Waals surface area contributed by atoms with Gasteiger partial charge in [-0.15, -0.1) is 0 Å². The first kappa shape index (κ1) is 13.6. The zero-order valence-electron chi connectivity index (χ0n) is 8.99. The second-order valence-corrected chi connectivity index (χ2v) is 4.61. The molecule has 0 unspecified atom stereocenters. The summed E-state index contributed by atoms with van der Waals surface area (Å²) in [6.45, 7) is 1.45. The summed E-state index contributed by atoms with van der Waals surface area (Å²) < 4.78 is 0. The van der Waals surface area contributed by atoms with Gasteiger partial charge < -0.3 is 5.11 Å². The lowest BCUT2D eigenvalue weighted by Gasteiger charge is -2.00. The Morgan fingerprint density at radius 3 is 2.76 bits per heavy atom. The minimum Gasteiger partial charge on any atom is -0.478 e. The van der Waals surface area contributed by atoms with Crippen molar-refractivity contribution in [1.82, 2.24) is 0 Å². The highest BCUT2D eigenvalue weighted by Crippen LogP contribution is 2.19. The van der Waals surface area contributed by atoms with Gasteiger partial charge in [-0.25, -0.2) is 4.79 Å². The zero-order chi connectivity index (χ0) is 12.8. The molecule has 88 valence electrons. The lowest BCUT2D eigenvalue weighted by Crippen LogP contribution is -2.01. The Morgan fingerprint density at radius 1 is 1.47 bits per heavy atom. The van der Waals surface area contributed by atoms with Gasteiger partial charge in [0.05, 0.1) is 16.3 Å². The molecule has 0 saturated carbocycles. The number of aromatic carboxylic acids is 1. The van der Waals surface area contributed by atoms with E-state index in [4.69, 9.17) is 16.7 Å². The van der Waals surface area contributed by atoms with Crippen molar-refractivity contribution in [1.29, 1.82) is 0 Å². The maximum atomic E-state index is 11.0. The predicted octanol–water partition coefficient (Wildman–Crippen LogP) is 2.67. The van der Waals surface area contributed by atoms with Crippen LogP contribution in [0.4, 0.5) is 0 Å². The third-order valence-electron chi connectivity index (χ3n) is 1.80. The number of carbonyl (C=O) groups is 2. The van der Waals surface area contributed by atoms with E-state index in [-0.39, 0.29) is 15.7 Å². The summed E-state index contributed by atoms with van der Waals surface area (Å²) in [4.78, 5) is 21.6. The molecule has 0 radical (unpaired) electrons. The van der Waals surface area contributed by atoms with Crippen LogP contribution in [-0.4, -0.2) is 21.9 Å². The smallest absolute Gasteiger partial charge is 0.338 e. The van der Waals surface area contributed by atoms with Gasteiger partial charge in [0.15, 0.2) is 5.12 Å². The molecule has 0 amide bonds. The average molecular weight is 269 g/mol. The van der Waals surface area contributed by atoms with E-state index >= 15 is 0 Å². The van der Waals surface area contributed by atoms with Crippen LogP contribution in [0.2, 0.25) is 5.02 Å². The van der Waals surface area contributed by atoms with Crippen molar-refractivity contribution >= 4 is 34.4 Å². The highest BCUT2D eigenvalue weighted by molar-refractivity contribution is 8.13. The highest BCUT2D eigenvalue weighted by atomic mass is 35.5. The second kappa shape index (κ2) is 6.33. The quantitative estimate of drug-likeness (QED) is 0.838. The molecule has 1 rings (SSSR count). The van der Waals surface area contributed by atoms with Crippen molar-refractivity contribution in [2.75, 3.05) is 5.75 Å². The Labute approximate surface area is 108 Å². The van der Waals surface area contributed by atoms with Crippen LogP contribution in [0, 0.1) is 11.8 Å². The van der Waals surface area contributed by atoms with Gasteiger partial charge in [0.25, 0.3) is 0 Å². The zero-order valence-corrected chi connectivity index (χ0v) is 10.6. The van der Waals surface area contributed by atoms with Crippen molar-refractivity contribution in [3.8, 4) is 11.8 Å². The molecule has 0 saturated heterocycles. The van der Waals surface area contributed by atoms with Gasteiger partial charge in [-0.2, -0.15) is 0 Å². The normalized spacial score (nSPS) is 9.29. The molecule has 17 heavy (non-hydrogen) atoms. The van der Waals surface area contributed by atoms with E-state index in [2.05, 4.69) is 11.8 Å². The Hall–Kier alpha value is -1.44. The van der Waals surface area contributed by atoms with Gasteiger partial charge in [0, 0.05) is 12.5 Å². The monoisotopic (exact) mass is 268 g/mol. The van der Waals surface area contributed by atoms with Crippen LogP contribution in [0.25, 0.3) is 0 Å². The summed E-state index contributed by atoms with van der Waals surface area (Å²) in [5.41, 5.74) is 0.351. The minimum absolute atomic E-state index is 0.00510. The molecule has 0 aliphatic carbocycles. The van der Waals surface area contributed by atoms with Crippen molar-refractivity contribution < 1.29 is 14.7 Å². The number of benzene rings is 1. The fraction of sp³-hybridized carbons (Fsp3) is 0.167. The van der Waals surface area contributed by atoms with Crippen LogP contribution in [0.1, 0.15) is 22.8 Å². The summed E-state index contributed by atoms with van der Waals surface area (Å²) in [5.74, 6) is 4.65. The topological polar surface area (TPSA) is 54.4 Å². The van der Waals surface area contributed by atoms with E-state index in [1.807, 2.05) is 0 Å². The predicted molar refractivity (Wildman–Crippen MR) is 68.4 cm³/mol. The number of rotatable bonds is 2. The molecule has 0 aliphatic heterocycles. The number of hydrogen-bond acceptors (Lipinski definition) is 3. The van der Waals surface area contributed by atoms with Crippen LogP contribution in [-0.2, 0) is 4.79 Å². The first-order valence-corrected chi connectivity index (χ1v) is 6.02. The van der Waals surface area contributed by atoms with Crippen LogP contribution in [0.3, 0.4) is 0 Å². The molecule has 0 fully saturated rings. The Bertz CT molecular complexity index is 514. The largest absolute Gasteiger partial charge is 0.478 e. The van der Waals surface area contributed by atoms with Crippen molar-refractivity contribution in [2.45, 2.75) is 6.92 Å². The molecule has 1 N–H and O–H groups in total. The summed E-state index contributed by atoms with van der Waals surface area (Å²) in [5, 5.41) is 9.11. The van der Waals surface area contributed by atoms with Gasteiger partial charge in [0.2, 0.25) is 0 Å². The fourth-order valence-corrected chi connectivity index (χ4v) is 1.72. The van der Waals surface area contributed by atoms with Crippen molar-refractivity contribution in [3.63, 3.8) is 0 Å². The highest BCUT2D eigenvalue weighted by Gasteiger charge is 2.12. The van der Waals surface area contributed by atoms with E-state index < -0.39 is 5.97 Å². The summed E-state index contributed by atoms with van der Waals surface area (Å²) in [6, 6.07) is 4.72. The first-order chi connectivity index (χ1) is 8.02. The molecule has 0 spiro atoms. The van der Waals surface area contributed by atoms with Gasteiger partial charge in [-0.05, 0) is 12.1 Å². The Balaban J connectivity index is 2.94. The molecule has 0 heterocycles. The molecule has 0 bridgehead atoms. The van der Waals surface area contributed by atoms with Gasteiger partial charge >= 0.3 is 5.97 Å². The number of halogens is 1. The van der Waals surface area contributed by atoms with Crippen molar-refractivity contribution in [2.24, 2.45) is 0 Å². The van der Waals surface area contributed by atoms with Gasteiger partial charge in [-0.3, -0.25) is 4.79 Å². The number of hydrogen-bond donors (Lipinski definition) is 1. The summed E-state index contributed by atoms with van der Waals surface area (Å²) >= 11 is 6.86. The number of thioether (sulfide) groups is 1. The molecule has 0 aromatic heterocycles. The molecular formula is C12H9ClO3S. The molecule has 0 atom stereocenters. The van der Waals surface area contributed by atoms with Crippen LogP contribution in [0.15, 0.2) is 18.2 Å². The lowest BCUT2D eigenvalue weighted by atomic mass is 10.1. The molecule has 0 aliphatic rings. The van der Waals surface area contributed by atoms with E-state index in [1.165, 1.54) is 13.0 Å². The molecule has 3 nitrogen and oxygen atoms in total. The van der Waals surface area contributed by atoms with Crippen LogP contribution >= 0.6 is 23.4 Å². The van der Waals surface area contributed by atoms with E-state index in [9.17, 15) is 9.59 Å². The minimum atomic E-state index is -1.11. The Morgan fingerprint density at radius 2 is 2.18 bits per heavy atom. The maximum absolute atomic E-state index is 11.0. The third-order valence-corrected chi connectivity index (χ3v) is 2.81. The second-order valence-electron chi connectivity index (χ2n) is 3.05. The fourth-order valence-electron chi connectivity index (χ4n) is 1.11. The first-order valence-electron chi connectivity index (χ1n) is 4.66. The number of carboxylic acids is 1. The SMILES string of the molecule is CC(=O)SCC#Cc1cccc(Cl)c1C(=O)O. The van der Waals surface area contributed by atoms with Crippen molar-refractivity contribution in [3.05, 3.63) is 34.3 Å². The van der Waals surface area contributed by atoms with Gasteiger partial charge in [-0.1, -0.05) is 41.3 Å². The standard InChI is InChI=1S/C12H9ClO3S/c1-8(14)17-7-3-5-9-4-2-6-10(13)11(9)12(15)16/h2,4,6H,7H2,1H3,(H,15,16). The summed E-state index contributed by atoms with van der Waals surface area (Å²) in [7, 11) is 0. The Kier molecular flexibility index (Phi) is 5.08. The van der Waals surface area contributed by atoms with Crippen LogP contribution < -0.4 is 0 Å². The molecule has 1 aromatic carbocycles.